The Kier molecular flexibility index (Phi) is 4.46. The Labute approximate surface area is 112 Å². The van der Waals surface area contributed by atoms with Crippen LogP contribution in [-0.4, -0.2) is 26.3 Å². The number of ether oxygens (including phenoxy) is 1. The number of aryl methyl sites for hydroxylation is 1. The molecule has 94 valence electrons. The van der Waals surface area contributed by atoms with Gasteiger partial charge in [-0.2, -0.15) is 0 Å². The molecule has 1 aliphatic rings. The van der Waals surface area contributed by atoms with Crippen LogP contribution >= 0.6 is 15.9 Å². The van der Waals surface area contributed by atoms with E-state index in [9.17, 15) is 0 Å². The molecule has 0 atom stereocenters. The zero-order valence-corrected chi connectivity index (χ0v) is 12.2. The number of methoxy groups -OCH3 is 1. The molecule has 0 N–H and O–H groups in total. The molecule has 2 nitrogen and oxygen atoms in total. The number of hydrogen-bond acceptors (Lipinski definition) is 2. The Bertz CT molecular complexity index is 372. The van der Waals surface area contributed by atoms with E-state index in [2.05, 4.69) is 46.0 Å². The SMILES string of the molecule is COC1CCN(c2ccc(C)cc2CBr)CC1. The smallest absolute Gasteiger partial charge is 0.0605 e. The van der Waals surface area contributed by atoms with Gasteiger partial charge in [0.05, 0.1) is 6.10 Å². The largest absolute Gasteiger partial charge is 0.381 e. The number of nitrogens with zero attached hydrogens (tertiary/aromatic N) is 1. The van der Waals surface area contributed by atoms with E-state index in [1.165, 1.54) is 16.8 Å². The van der Waals surface area contributed by atoms with Gasteiger partial charge in [0.1, 0.15) is 0 Å². The summed E-state index contributed by atoms with van der Waals surface area (Å²) in [5, 5.41) is 0.925. The van der Waals surface area contributed by atoms with Crippen LogP contribution in [0.25, 0.3) is 0 Å². The molecule has 0 saturated carbocycles. The summed E-state index contributed by atoms with van der Waals surface area (Å²) in [5.41, 5.74) is 4.10. The second kappa shape index (κ2) is 5.87. The fourth-order valence-corrected chi connectivity index (χ4v) is 2.91. The van der Waals surface area contributed by atoms with Crippen molar-refractivity contribution in [1.29, 1.82) is 0 Å². The molecule has 1 heterocycles. The predicted octanol–water partition coefficient (Wildman–Crippen LogP) is 3.51. The molecular weight excluding hydrogens is 278 g/mol. The second-order valence-electron chi connectivity index (χ2n) is 4.69. The number of rotatable bonds is 3. The Hall–Kier alpha value is -0.540. The number of benzene rings is 1. The van der Waals surface area contributed by atoms with Gasteiger partial charge in [-0.1, -0.05) is 33.6 Å². The number of alkyl halides is 1. The molecule has 1 aliphatic heterocycles. The minimum atomic E-state index is 0.448. The molecule has 0 radical (unpaired) electrons. The predicted molar refractivity (Wildman–Crippen MR) is 76.1 cm³/mol. The van der Waals surface area contributed by atoms with Crippen molar-refractivity contribution >= 4 is 21.6 Å². The summed E-state index contributed by atoms with van der Waals surface area (Å²) in [6.07, 6.45) is 2.71. The first-order valence-electron chi connectivity index (χ1n) is 6.18. The first-order valence-corrected chi connectivity index (χ1v) is 7.30. The van der Waals surface area contributed by atoms with Crippen LogP contribution in [0.15, 0.2) is 18.2 Å². The zero-order chi connectivity index (χ0) is 12.3. The van der Waals surface area contributed by atoms with Crippen molar-refractivity contribution in [2.75, 3.05) is 25.1 Å². The van der Waals surface area contributed by atoms with Gasteiger partial charge in [0.25, 0.3) is 0 Å². The molecule has 3 heteroatoms. The molecule has 0 aromatic heterocycles. The lowest BCUT2D eigenvalue weighted by molar-refractivity contribution is 0.0819. The van der Waals surface area contributed by atoms with Crippen LogP contribution in [0, 0.1) is 6.92 Å². The van der Waals surface area contributed by atoms with E-state index in [1.54, 1.807) is 0 Å². The van der Waals surface area contributed by atoms with Crippen molar-refractivity contribution < 1.29 is 4.74 Å². The third kappa shape index (κ3) is 3.02. The molecule has 0 aliphatic carbocycles. The van der Waals surface area contributed by atoms with Gasteiger partial charge < -0.3 is 9.64 Å². The van der Waals surface area contributed by atoms with Crippen molar-refractivity contribution in [3.63, 3.8) is 0 Å². The van der Waals surface area contributed by atoms with Crippen molar-refractivity contribution in [2.45, 2.75) is 31.2 Å². The number of halogens is 1. The normalized spacial score (nSPS) is 17.5. The minimum absolute atomic E-state index is 0.448. The summed E-state index contributed by atoms with van der Waals surface area (Å²) in [6, 6.07) is 6.72. The molecule has 1 saturated heterocycles. The molecular formula is C14H20BrNO. The minimum Gasteiger partial charge on any atom is -0.381 e. The van der Waals surface area contributed by atoms with Gasteiger partial charge in [0.15, 0.2) is 0 Å². The molecule has 1 aromatic carbocycles. The second-order valence-corrected chi connectivity index (χ2v) is 5.25. The van der Waals surface area contributed by atoms with E-state index >= 15 is 0 Å². The summed E-state index contributed by atoms with van der Waals surface area (Å²) >= 11 is 3.58. The average Bonchev–Trinajstić information content (AvgIpc) is 2.39. The van der Waals surface area contributed by atoms with Gasteiger partial charge in [0, 0.05) is 31.2 Å². The Balaban J connectivity index is 2.12. The molecule has 17 heavy (non-hydrogen) atoms. The van der Waals surface area contributed by atoms with E-state index in [0.717, 1.165) is 31.3 Å². The lowest BCUT2D eigenvalue weighted by atomic mass is 10.0. The molecule has 0 unspecified atom stereocenters. The molecule has 1 aromatic rings. The van der Waals surface area contributed by atoms with E-state index in [-0.39, 0.29) is 0 Å². The average molecular weight is 298 g/mol. The number of anilines is 1. The highest BCUT2D eigenvalue weighted by Gasteiger charge is 2.20. The monoisotopic (exact) mass is 297 g/mol. The molecule has 1 fully saturated rings. The summed E-state index contributed by atoms with van der Waals surface area (Å²) < 4.78 is 5.42. The highest BCUT2D eigenvalue weighted by atomic mass is 79.9. The van der Waals surface area contributed by atoms with Crippen LogP contribution in [0.2, 0.25) is 0 Å². The standard InChI is InChI=1S/C14H20BrNO/c1-11-3-4-14(12(9-11)10-15)16-7-5-13(17-2)6-8-16/h3-4,9,13H,5-8,10H2,1-2H3. The summed E-state index contributed by atoms with van der Waals surface area (Å²) in [7, 11) is 1.82. The maximum absolute atomic E-state index is 5.42. The van der Waals surface area contributed by atoms with Gasteiger partial charge in [0.2, 0.25) is 0 Å². The first-order chi connectivity index (χ1) is 8.24. The van der Waals surface area contributed by atoms with E-state index in [1.807, 2.05) is 7.11 Å². The third-order valence-electron chi connectivity index (χ3n) is 3.49. The molecule has 2 rings (SSSR count). The van der Waals surface area contributed by atoms with Crippen LogP contribution in [-0.2, 0) is 10.1 Å². The highest BCUT2D eigenvalue weighted by Crippen LogP contribution is 2.27. The highest BCUT2D eigenvalue weighted by molar-refractivity contribution is 9.08. The van der Waals surface area contributed by atoms with E-state index in [4.69, 9.17) is 4.74 Å². The van der Waals surface area contributed by atoms with Crippen molar-refractivity contribution in [1.82, 2.24) is 0 Å². The third-order valence-corrected chi connectivity index (χ3v) is 4.10. The summed E-state index contributed by atoms with van der Waals surface area (Å²) in [4.78, 5) is 2.48. The van der Waals surface area contributed by atoms with Crippen molar-refractivity contribution in [3.05, 3.63) is 29.3 Å². The first kappa shape index (κ1) is 12.9. The number of hydrogen-bond donors (Lipinski definition) is 0. The molecule has 0 amide bonds. The van der Waals surface area contributed by atoms with Crippen LogP contribution < -0.4 is 4.90 Å². The maximum atomic E-state index is 5.42. The topological polar surface area (TPSA) is 12.5 Å². The Morgan fingerprint density at radius 1 is 1.35 bits per heavy atom. The summed E-state index contributed by atoms with van der Waals surface area (Å²) in [6.45, 7) is 4.34. The van der Waals surface area contributed by atoms with Gasteiger partial charge in [-0.05, 0) is 31.4 Å². The Morgan fingerprint density at radius 3 is 2.65 bits per heavy atom. The van der Waals surface area contributed by atoms with Crippen LogP contribution in [0.5, 0.6) is 0 Å². The lowest BCUT2D eigenvalue weighted by Gasteiger charge is -2.34. The lowest BCUT2D eigenvalue weighted by Crippen LogP contribution is -2.37. The van der Waals surface area contributed by atoms with Crippen LogP contribution in [0.4, 0.5) is 5.69 Å². The van der Waals surface area contributed by atoms with Gasteiger partial charge >= 0.3 is 0 Å². The van der Waals surface area contributed by atoms with E-state index in [0.29, 0.717) is 6.10 Å². The van der Waals surface area contributed by atoms with Crippen molar-refractivity contribution in [3.8, 4) is 0 Å². The van der Waals surface area contributed by atoms with Crippen molar-refractivity contribution in [2.24, 2.45) is 0 Å². The zero-order valence-electron chi connectivity index (χ0n) is 10.6. The molecule has 0 bridgehead atoms. The van der Waals surface area contributed by atoms with E-state index < -0.39 is 0 Å². The quantitative estimate of drug-likeness (QED) is 0.792. The Morgan fingerprint density at radius 2 is 2.06 bits per heavy atom. The fraction of sp³-hybridized carbons (Fsp3) is 0.571. The van der Waals surface area contributed by atoms with Gasteiger partial charge in [-0.3, -0.25) is 0 Å². The van der Waals surface area contributed by atoms with Crippen LogP contribution in [0.1, 0.15) is 24.0 Å². The van der Waals surface area contributed by atoms with Gasteiger partial charge in [-0.15, -0.1) is 0 Å². The van der Waals surface area contributed by atoms with Crippen LogP contribution in [0.3, 0.4) is 0 Å². The number of piperidine rings is 1. The summed E-state index contributed by atoms with van der Waals surface area (Å²) in [5.74, 6) is 0. The molecule has 0 spiro atoms. The fourth-order valence-electron chi connectivity index (χ4n) is 2.46. The van der Waals surface area contributed by atoms with Gasteiger partial charge in [-0.25, -0.2) is 0 Å². The maximum Gasteiger partial charge on any atom is 0.0605 e.